The first-order valence-electron chi connectivity index (χ1n) is 5.38. The van der Waals surface area contributed by atoms with E-state index in [9.17, 15) is 18.3 Å². The van der Waals surface area contributed by atoms with Crippen LogP contribution in [0.5, 0.6) is 0 Å². The van der Waals surface area contributed by atoms with Crippen LogP contribution in [0.3, 0.4) is 0 Å². The van der Waals surface area contributed by atoms with Crippen LogP contribution >= 0.6 is 0 Å². The summed E-state index contributed by atoms with van der Waals surface area (Å²) < 4.78 is 38.7. The minimum atomic E-state index is -1.77. The van der Waals surface area contributed by atoms with E-state index in [2.05, 4.69) is 9.97 Å². The van der Waals surface area contributed by atoms with Gasteiger partial charge in [-0.2, -0.15) is 23.1 Å². The molecule has 0 aliphatic carbocycles. The van der Waals surface area contributed by atoms with Crippen molar-refractivity contribution in [1.82, 2.24) is 9.97 Å². The molecular weight excluding hydrogens is 259 g/mol. The van der Waals surface area contributed by atoms with Crippen molar-refractivity contribution < 1.29 is 18.3 Å². The predicted octanol–water partition coefficient (Wildman–Crippen LogP) is 1.43. The maximum atomic E-state index is 13.0. The normalized spacial score (nSPS) is 12.5. The lowest BCUT2D eigenvalue weighted by atomic mass is 10.1. The van der Waals surface area contributed by atoms with Gasteiger partial charge in [-0.1, -0.05) is 24.3 Å². The van der Waals surface area contributed by atoms with Gasteiger partial charge in [0.05, 0.1) is 0 Å². The van der Waals surface area contributed by atoms with Gasteiger partial charge in [0.2, 0.25) is 5.82 Å². The third-order valence-electron chi connectivity index (χ3n) is 2.53. The first kappa shape index (κ1) is 13.4. The molecule has 0 saturated carbocycles. The zero-order valence-electron chi connectivity index (χ0n) is 9.65. The summed E-state index contributed by atoms with van der Waals surface area (Å²) in [5.74, 6) is -5.61. The van der Waals surface area contributed by atoms with Crippen LogP contribution < -0.4 is 5.73 Å². The Hall–Kier alpha value is -1.99. The third-order valence-corrected chi connectivity index (χ3v) is 2.53. The van der Waals surface area contributed by atoms with Crippen LogP contribution in [-0.2, 0) is 6.54 Å². The highest BCUT2D eigenvalue weighted by Gasteiger charge is 2.20. The topological polar surface area (TPSA) is 72.0 Å². The van der Waals surface area contributed by atoms with Crippen LogP contribution in [0.25, 0.3) is 0 Å². The van der Waals surface area contributed by atoms with Crippen LogP contribution in [0.15, 0.2) is 24.3 Å². The quantitative estimate of drug-likeness (QED) is 0.827. The summed E-state index contributed by atoms with van der Waals surface area (Å²) in [7, 11) is 0. The molecule has 0 saturated heterocycles. The number of benzene rings is 1. The molecule has 0 aliphatic rings. The first-order valence-corrected chi connectivity index (χ1v) is 5.38. The zero-order valence-corrected chi connectivity index (χ0v) is 9.65. The molecule has 0 aliphatic heterocycles. The van der Waals surface area contributed by atoms with Gasteiger partial charge >= 0.3 is 0 Å². The van der Waals surface area contributed by atoms with Crippen LogP contribution in [-0.4, -0.2) is 15.1 Å². The molecule has 0 bridgehead atoms. The molecule has 0 spiro atoms. The second kappa shape index (κ2) is 5.33. The van der Waals surface area contributed by atoms with E-state index in [1.54, 1.807) is 18.2 Å². The van der Waals surface area contributed by atoms with Crippen LogP contribution in [0.1, 0.15) is 23.1 Å². The van der Waals surface area contributed by atoms with Crippen molar-refractivity contribution in [3.63, 3.8) is 0 Å². The van der Waals surface area contributed by atoms with Crippen molar-refractivity contribution in [2.75, 3.05) is 0 Å². The summed E-state index contributed by atoms with van der Waals surface area (Å²) >= 11 is 0. The molecule has 0 amide bonds. The van der Waals surface area contributed by atoms with Gasteiger partial charge in [0.25, 0.3) is 11.9 Å². The van der Waals surface area contributed by atoms with E-state index in [1.807, 2.05) is 0 Å². The van der Waals surface area contributed by atoms with E-state index in [4.69, 9.17) is 5.73 Å². The number of aromatic nitrogens is 2. The number of hydrogen-bond donors (Lipinski definition) is 2. The molecule has 1 aromatic carbocycles. The summed E-state index contributed by atoms with van der Waals surface area (Å²) in [5, 5.41) is 9.93. The van der Waals surface area contributed by atoms with Gasteiger partial charge in [0.15, 0.2) is 5.82 Å². The third kappa shape index (κ3) is 2.72. The highest BCUT2D eigenvalue weighted by Crippen LogP contribution is 2.21. The number of halogens is 3. The van der Waals surface area contributed by atoms with Gasteiger partial charge in [-0.15, -0.1) is 0 Å². The minimum Gasteiger partial charge on any atom is -0.380 e. The second-order valence-electron chi connectivity index (χ2n) is 3.83. The number of hydrogen-bond acceptors (Lipinski definition) is 4. The molecule has 4 nitrogen and oxygen atoms in total. The van der Waals surface area contributed by atoms with Gasteiger partial charge < -0.3 is 10.8 Å². The molecule has 2 aromatic rings. The number of aliphatic hydroxyl groups excluding tert-OH is 1. The van der Waals surface area contributed by atoms with Crippen LogP contribution in [0.4, 0.5) is 13.2 Å². The molecule has 2 rings (SSSR count). The fourth-order valence-electron chi connectivity index (χ4n) is 1.57. The van der Waals surface area contributed by atoms with Crippen molar-refractivity contribution in [2.24, 2.45) is 5.73 Å². The molecule has 1 unspecified atom stereocenters. The standard InChI is InChI=1S/C12H10F3N3O/c13-8-10(14)17-12(18-11(8)15)9(19)7-3-1-2-6(4-7)5-16/h1-4,9,19H,5,16H2. The first-order chi connectivity index (χ1) is 9.02. The fraction of sp³-hybridized carbons (Fsp3) is 0.167. The summed E-state index contributed by atoms with van der Waals surface area (Å²) in [4.78, 5) is 6.18. The fourth-order valence-corrected chi connectivity index (χ4v) is 1.57. The van der Waals surface area contributed by atoms with E-state index in [1.165, 1.54) is 6.07 Å². The minimum absolute atomic E-state index is 0.244. The number of rotatable bonds is 3. The smallest absolute Gasteiger partial charge is 0.255 e. The Morgan fingerprint density at radius 2 is 1.79 bits per heavy atom. The molecule has 19 heavy (non-hydrogen) atoms. The zero-order chi connectivity index (χ0) is 14.0. The largest absolute Gasteiger partial charge is 0.380 e. The SMILES string of the molecule is NCc1cccc(C(O)c2nc(F)c(F)c(F)n2)c1. The number of nitrogens with two attached hydrogens (primary N) is 1. The van der Waals surface area contributed by atoms with E-state index in [0.29, 0.717) is 5.56 Å². The van der Waals surface area contributed by atoms with Crippen molar-refractivity contribution in [2.45, 2.75) is 12.6 Å². The van der Waals surface area contributed by atoms with Gasteiger partial charge in [-0.25, -0.2) is 0 Å². The predicted molar refractivity (Wildman–Crippen MR) is 60.3 cm³/mol. The number of aliphatic hydroxyl groups is 1. The Bertz CT molecular complexity index is 584. The molecule has 1 heterocycles. The van der Waals surface area contributed by atoms with Gasteiger partial charge in [0.1, 0.15) is 6.10 Å². The Kier molecular flexibility index (Phi) is 3.77. The van der Waals surface area contributed by atoms with Gasteiger partial charge in [0, 0.05) is 6.54 Å². The summed E-state index contributed by atoms with van der Waals surface area (Å²) in [6, 6.07) is 6.42. The summed E-state index contributed by atoms with van der Waals surface area (Å²) in [6.45, 7) is 0.244. The molecular formula is C12H10F3N3O. The van der Waals surface area contributed by atoms with Crippen LogP contribution in [0, 0.1) is 17.7 Å². The molecule has 3 N–H and O–H groups in total. The lowest BCUT2D eigenvalue weighted by molar-refractivity contribution is 0.203. The monoisotopic (exact) mass is 269 g/mol. The van der Waals surface area contributed by atoms with Gasteiger partial charge in [-0.3, -0.25) is 0 Å². The average molecular weight is 269 g/mol. The maximum Gasteiger partial charge on any atom is 0.255 e. The molecule has 1 atom stereocenters. The highest BCUT2D eigenvalue weighted by molar-refractivity contribution is 5.28. The van der Waals surface area contributed by atoms with Crippen molar-refractivity contribution in [1.29, 1.82) is 0 Å². The van der Waals surface area contributed by atoms with Crippen molar-refractivity contribution in [3.8, 4) is 0 Å². The molecule has 7 heteroatoms. The van der Waals surface area contributed by atoms with E-state index in [0.717, 1.165) is 5.56 Å². The Morgan fingerprint density at radius 3 is 2.37 bits per heavy atom. The molecule has 0 fully saturated rings. The maximum absolute atomic E-state index is 13.0. The lowest BCUT2D eigenvalue weighted by Crippen LogP contribution is -2.11. The summed E-state index contributed by atoms with van der Waals surface area (Å²) in [5.41, 5.74) is 6.48. The van der Waals surface area contributed by atoms with Crippen molar-refractivity contribution >= 4 is 0 Å². The second-order valence-corrected chi connectivity index (χ2v) is 3.83. The average Bonchev–Trinajstić information content (AvgIpc) is 2.43. The van der Waals surface area contributed by atoms with Gasteiger partial charge in [-0.05, 0) is 11.1 Å². The highest BCUT2D eigenvalue weighted by atomic mass is 19.2. The molecule has 1 aromatic heterocycles. The lowest BCUT2D eigenvalue weighted by Gasteiger charge is -2.11. The van der Waals surface area contributed by atoms with E-state index < -0.39 is 29.6 Å². The molecule has 0 radical (unpaired) electrons. The Balaban J connectivity index is 2.40. The molecule has 100 valence electrons. The Labute approximate surface area is 106 Å². The number of nitrogens with zero attached hydrogens (tertiary/aromatic N) is 2. The van der Waals surface area contributed by atoms with E-state index in [-0.39, 0.29) is 6.54 Å². The van der Waals surface area contributed by atoms with E-state index >= 15 is 0 Å². The van der Waals surface area contributed by atoms with Crippen molar-refractivity contribution in [3.05, 3.63) is 58.9 Å². The van der Waals surface area contributed by atoms with Crippen LogP contribution in [0.2, 0.25) is 0 Å². The Morgan fingerprint density at radius 1 is 1.16 bits per heavy atom. The summed E-state index contributed by atoms with van der Waals surface area (Å²) in [6.07, 6.45) is -1.46.